The summed E-state index contributed by atoms with van der Waals surface area (Å²) in [4.78, 5) is 20.0. The monoisotopic (exact) mass is 534 g/mol. The highest BCUT2D eigenvalue weighted by Crippen LogP contribution is 2.33. The van der Waals surface area contributed by atoms with E-state index >= 15 is 4.39 Å². The Kier molecular flexibility index (Phi) is 5.46. The van der Waals surface area contributed by atoms with Crippen LogP contribution in [0.4, 0.5) is 8.78 Å². The maximum atomic E-state index is 15.1. The molecule has 1 aliphatic heterocycles. The molecule has 0 saturated carbocycles. The molecule has 0 bridgehead atoms. The van der Waals surface area contributed by atoms with Crippen molar-refractivity contribution in [2.24, 2.45) is 5.92 Å². The summed E-state index contributed by atoms with van der Waals surface area (Å²) in [5, 5.41) is 0.454. The SMILES string of the molecule is O=C(c1c[nH]c2ncc(I)cc12)C1C(F)=C(NS(=O)(=O)N2CCCC2)C=CC1F. The Morgan fingerprint density at radius 3 is 2.79 bits per heavy atom. The van der Waals surface area contributed by atoms with Gasteiger partial charge in [-0.3, -0.25) is 9.52 Å². The van der Waals surface area contributed by atoms with Crippen LogP contribution in [-0.2, 0) is 10.2 Å². The number of hydrogen-bond donors (Lipinski definition) is 2. The predicted octanol–water partition coefficient (Wildman–Crippen LogP) is 2.99. The third-order valence-corrected chi connectivity index (χ3v) is 7.10. The number of allylic oxidation sites excluding steroid dienone is 3. The van der Waals surface area contributed by atoms with Gasteiger partial charge in [-0.05, 0) is 53.7 Å². The number of carbonyl (C=O) groups excluding carboxylic acids is 1. The van der Waals surface area contributed by atoms with Gasteiger partial charge in [0.15, 0.2) is 5.78 Å². The van der Waals surface area contributed by atoms with Gasteiger partial charge >= 0.3 is 10.2 Å². The van der Waals surface area contributed by atoms with Crippen molar-refractivity contribution in [3.05, 3.63) is 51.3 Å². The molecule has 0 spiro atoms. The Bertz CT molecular complexity index is 1140. The smallest absolute Gasteiger partial charge is 0.301 e. The highest BCUT2D eigenvalue weighted by Gasteiger charge is 2.38. The van der Waals surface area contributed by atoms with Crippen LogP contribution < -0.4 is 4.72 Å². The van der Waals surface area contributed by atoms with E-state index in [0.29, 0.717) is 24.1 Å². The van der Waals surface area contributed by atoms with Gasteiger partial charge < -0.3 is 4.98 Å². The minimum absolute atomic E-state index is 0.103. The van der Waals surface area contributed by atoms with Crippen molar-refractivity contribution >= 4 is 49.6 Å². The molecular formula is C18H17F2IN4O3S. The van der Waals surface area contributed by atoms with E-state index in [2.05, 4.69) is 14.7 Å². The van der Waals surface area contributed by atoms with Gasteiger partial charge in [-0.25, -0.2) is 13.8 Å². The van der Waals surface area contributed by atoms with Crippen molar-refractivity contribution in [3.63, 3.8) is 0 Å². The lowest BCUT2D eigenvalue weighted by Gasteiger charge is -2.24. The van der Waals surface area contributed by atoms with Crippen LogP contribution in [0.3, 0.4) is 0 Å². The molecule has 2 aromatic heterocycles. The van der Waals surface area contributed by atoms with Crippen LogP contribution in [0, 0.1) is 9.49 Å². The van der Waals surface area contributed by atoms with Gasteiger partial charge in [0.25, 0.3) is 0 Å². The van der Waals surface area contributed by atoms with Crippen LogP contribution in [0.2, 0.25) is 0 Å². The molecule has 29 heavy (non-hydrogen) atoms. The average molecular weight is 534 g/mol. The van der Waals surface area contributed by atoms with Crippen molar-refractivity contribution in [2.75, 3.05) is 13.1 Å². The number of fused-ring (bicyclic) bond motifs is 1. The number of aromatic nitrogens is 2. The van der Waals surface area contributed by atoms with Gasteiger partial charge in [-0.15, -0.1) is 0 Å². The Hall–Kier alpha value is -1.86. The van der Waals surface area contributed by atoms with Gasteiger partial charge in [0, 0.05) is 40.0 Å². The van der Waals surface area contributed by atoms with E-state index in [9.17, 15) is 17.6 Å². The summed E-state index contributed by atoms with van der Waals surface area (Å²) in [5.41, 5.74) is 0.109. The molecule has 2 unspecified atom stereocenters. The first-order chi connectivity index (χ1) is 13.8. The molecule has 11 heteroatoms. The van der Waals surface area contributed by atoms with E-state index < -0.39 is 39.6 Å². The molecule has 1 aliphatic carbocycles. The van der Waals surface area contributed by atoms with E-state index in [1.54, 1.807) is 12.3 Å². The second-order valence-corrected chi connectivity index (χ2v) is 9.79. The summed E-state index contributed by atoms with van der Waals surface area (Å²) in [6.45, 7) is 0.673. The molecule has 2 atom stereocenters. The van der Waals surface area contributed by atoms with Crippen LogP contribution >= 0.6 is 22.6 Å². The number of rotatable bonds is 5. The first-order valence-corrected chi connectivity index (χ1v) is 11.5. The summed E-state index contributed by atoms with van der Waals surface area (Å²) in [7, 11) is -3.97. The zero-order valence-electron chi connectivity index (χ0n) is 15.0. The van der Waals surface area contributed by atoms with Crippen LogP contribution in [0.25, 0.3) is 11.0 Å². The third-order valence-electron chi connectivity index (χ3n) is 4.99. The largest absolute Gasteiger partial charge is 0.345 e. The van der Waals surface area contributed by atoms with E-state index in [4.69, 9.17) is 0 Å². The van der Waals surface area contributed by atoms with Crippen molar-refractivity contribution in [3.8, 4) is 0 Å². The third kappa shape index (κ3) is 3.82. The molecule has 4 rings (SSSR count). The fraction of sp³-hybridized carbons (Fsp3) is 0.333. The van der Waals surface area contributed by atoms with Gasteiger partial charge in [-0.2, -0.15) is 12.7 Å². The first-order valence-electron chi connectivity index (χ1n) is 8.94. The van der Waals surface area contributed by atoms with Crippen molar-refractivity contribution in [1.29, 1.82) is 0 Å². The molecule has 2 aromatic rings. The average Bonchev–Trinajstić information content (AvgIpc) is 3.34. The molecule has 2 N–H and O–H groups in total. The Balaban J connectivity index is 1.67. The van der Waals surface area contributed by atoms with Gasteiger partial charge in [0.2, 0.25) is 0 Å². The van der Waals surface area contributed by atoms with E-state index in [-0.39, 0.29) is 5.56 Å². The molecule has 0 amide bonds. The molecule has 1 saturated heterocycles. The minimum Gasteiger partial charge on any atom is -0.345 e. The van der Waals surface area contributed by atoms with Crippen molar-refractivity contribution in [1.82, 2.24) is 19.0 Å². The number of nitrogens with one attached hydrogen (secondary N) is 2. The molecule has 154 valence electrons. The van der Waals surface area contributed by atoms with Crippen molar-refractivity contribution in [2.45, 2.75) is 19.0 Å². The number of H-pyrrole nitrogens is 1. The van der Waals surface area contributed by atoms with E-state index in [0.717, 1.165) is 28.6 Å². The summed E-state index contributed by atoms with van der Waals surface area (Å²) < 4.78 is 58.6. The number of aromatic amines is 1. The van der Waals surface area contributed by atoms with Crippen LogP contribution in [0.5, 0.6) is 0 Å². The molecule has 7 nitrogen and oxygen atoms in total. The Morgan fingerprint density at radius 1 is 1.34 bits per heavy atom. The highest BCUT2D eigenvalue weighted by atomic mass is 127. The lowest BCUT2D eigenvalue weighted by molar-refractivity contribution is 0.0877. The summed E-state index contributed by atoms with van der Waals surface area (Å²) in [5.74, 6) is -3.69. The number of carbonyl (C=O) groups is 1. The normalized spacial score (nSPS) is 23.1. The summed E-state index contributed by atoms with van der Waals surface area (Å²) >= 11 is 2.03. The Labute approximate surface area is 179 Å². The summed E-state index contributed by atoms with van der Waals surface area (Å²) in [6, 6.07) is 1.69. The second kappa shape index (κ2) is 7.76. The lowest BCUT2D eigenvalue weighted by atomic mass is 9.88. The number of alkyl halides is 1. The highest BCUT2D eigenvalue weighted by molar-refractivity contribution is 14.1. The number of ketones is 1. The minimum atomic E-state index is -3.97. The molecule has 0 radical (unpaired) electrons. The topological polar surface area (TPSA) is 95.2 Å². The number of nitrogens with zero attached hydrogens (tertiary/aromatic N) is 2. The fourth-order valence-corrected chi connectivity index (χ4v) is 5.27. The number of Topliss-reactive ketones (excluding diaryl/α,β-unsaturated/α-hetero) is 1. The number of pyridine rings is 1. The summed E-state index contributed by atoms with van der Waals surface area (Å²) in [6.07, 6.45) is 4.51. The standard InChI is InChI=1S/C18H17F2IN4O3S/c19-13-3-4-14(24-29(27,28)25-5-1-2-6-25)16(20)15(13)17(26)12-9-23-18-11(12)7-10(21)8-22-18/h3-4,7-9,13,15,24H,1-2,5-6H2,(H,22,23). The number of hydrogen-bond acceptors (Lipinski definition) is 4. The predicted molar refractivity (Wildman–Crippen MR) is 112 cm³/mol. The maximum absolute atomic E-state index is 15.1. The van der Waals surface area contributed by atoms with Crippen LogP contribution in [0.1, 0.15) is 23.2 Å². The van der Waals surface area contributed by atoms with Gasteiger partial charge in [-0.1, -0.05) is 0 Å². The second-order valence-electron chi connectivity index (χ2n) is 6.87. The molecule has 3 heterocycles. The fourth-order valence-electron chi connectivity index (χ4n) is 3.51. The van der Waals surface area contributed by atoms with E-state index in [1.807, 2.05) is 22.6 Å². The quantitative estimate of drug-likeness (QED) is 0.456. The molecule has 2 aliphatic rings. The van der Waals surface area contributed by atoms with E-state index in [1.165, 1.54) is 10.5 Å². The van der Waals surface area contributed by atoms with Crippen LogP contribution in [0.15, 0.2) is 42.1 Å². The molecular weight excluding hydrogens is 517 g/mol. The Morgan fingerprint density at radius 2 is 2.07 bits per heavy atom. The lowest BCUT2D eigenvalue weighted by Crippen LogP contribution is -2.40. The zero-order chi connectivity index (χ0) is 20.8. The van der Waals surface area contributed by atoms with Gasteiger partial charge in [0.1, 0.15) is 23.6 Å². The molecule has 1 fully saturated rings. The zero-order valence-corrected chi connectivity index (χ0v) is 18.0. The van der Waals surface area contributed by atoms with Crippen molar-refractivity contribution < 1.29 is 22.0 Å². The van der Waals surface area contributed by atoms with Crippen LogP contribution in [-0.4, -0.2) is 47.7 Å². The maximum Gasteiger partial charge on any atom is 0.301 e. The first kappa shape index (κ1) is 20.4. The molecule has 0 aromatic carbocycles. The van der Waals surface area contributed by atoms with Gasteiger partial charge in [0.05, 0.1) is 5.70 Å². The number of halogens is 3.